The van der Waals surface area contributed by atoms with Gasteiger partial charge in [0.1, 0.15) is 0 Å². The van der Waals surface area contributed by atoms with Gasteiger partial charge in [0.05, 0.1) is 0 Å². The summed E-state index contributed by atoms with van der Waals surface area (Å²) < 4.78 is 0. The molecule has 0 aromatic rings. The maximum atomic E-state index is 5.81. The van der Waals surface area contributed by atoms with Crippen molar-refractivity contribution < 1.29 is 0 Å². The van der Waals surface area contributed by atoms with E-state index >= 15 is 0 Å². The maximum absolute atomic E-state index is 5.81. The molecule has 0 saturated carbocycles. The first-order valence-corrected chi connectivity index (χ1v) is 7.13. The summed E-state index contributed by atoms with van der Waals surface area (Å²) in [6.45, 7) is 11.4. The second kappa shape index (κ2) is 10.4. The molecule has 0 aromatic heterocycles. The van der Waals surface area contributed by atoms with E-state index in [1.165, 1.54) is 43.6 Å². The fraction of sp³-hybridized carbons (Fsp3) is 0.733. The lowest BCUT2D eigenvalue weighted by Crippen LogP contribution is -2.30. The molecule has 17 heavy (non-hydrogen) atoms. The van der Waals surface area contributed by atoms with Crippen LogP contribution in [0.2, 0.25) is 0 Å². The molecule has 0 bridgehead atoms. The van der Waals surface area contributed by atoms with Crippen molar-refractivity contribution in [1.29, 1.82) is 0 Å². The van der Waals surface area contributed by atoms with Crippen molar-refractivity contribution in [2.75, 3.05) is 19.6 Å². The number of hydrogen-bond acceptors (Lipinski definition) is 2. The van der Waals surface area contributed by atoms with E-state index in [0.29, 0.717) is 6.54 Å². The Balaban J connectivity index is 0.00000121. The Morgan fingerprint density at radius 3 is 2.18 bits per heavy atom. The largest absolute Gasteiger partial charge is 0.375 e. The van der Waals surface area contributed by atoms with Gasteiger partial charge >= 0.3 is 0 Å². The normalized spacial score (nSPS) is 17.6. The van der Waals surface area contributed by atoms with Crippen LogP contribution in [0.3, 0.4) is 0 Å². The Labute approximate surface area is 108 Å². The highest BCUT2D eigenvalue weighted by Gasteiger charge is 2.14. The van der Waals surface area contributed by atoms with Gasteiger partial charge in [0, 0.05) is 25.3 Å². The molecule has 100 valence electrons. The molecule has 0 unspecified atom stereocenters. The van der Waals surface area contributed by atoms with Gasteiger partial charge in [-0.1, -0.05) is 32.9 Å². The molecule has 1 saturated heterocycles. The van der Waals surface area contributed by atoms with Crippen molar-refractivity contribution in [2.45, 2.75) is 53.4 Å². The Hall–Kier alpha value is -0.760. The summed E-state index contributed by atoms with van der Waals surface area (Å²) in [6.07, 6.45) is 9.38. The van der Waals surface area contributed by atoms with Crippen molar-refractivity contribution in [3.05, 3.63) is 23.4 Å². The summed E-state index contributed by atoms with van der Waals surface area (Å²) in [5, 5.41) is 0. The van der Waals surface area contributed by atoms with Gasteiger partial charge < -0.3 is 10.6 Å². The van der Waals surface area contributed by atoms with Gasteiger partial charge in [-0.3, -0.25) is 0 Å². The average molecular weight is 238 g/mol. The van der Waals surface area contributed by atoms with Crippen LogP contribution in [0.4, 0.5) is 0 Å². The van der Waals surface area contributed by atoms with Gasteiger partial charge in [0.15, 0.2) is 0 Å². The highest BCUT2D eigenvalue weighted by Crippen LogP contribution is 2.20. The van der Waals surface area contributed by atoms with Gasteiger partial charge in [-0.05, 0) is 38.2 Å². The topological polar surface area (TPSA) is 29.3 Å². The molecule has 0 aliphatic carbocycles. The van der Waals surface area contributed by atoms with Crippen LogP contribution in [0.5, 0.6) is 0 Å². The summed E-state index contributed by atoms with van der Waals surface area (Å²) in [7, 11) is 0. The molecule has 1 heterocycles. The van der Waals surface area contributed by atoms with Crippen LogP contribution in [0, 0.1) is 0 Å². The van der Waals surface area contributed by atoms with Crippen LogP contribution < -0.4 is 5.73 Å². The van der Waals surface area contributed by atoms with E-state index in [1.54, 1.807) is 0 Å². The Morgan fingerprint density at radius 2 is 1.76 bits per heavy atom. The lowest BCUT2D eigenvalue weighted by Gasteiger charge is -2.32. The smallest absolute Gasteiger partial charge is 0.0195 e. The van der Waals surface area contributed by atoms with E-state index in [2.05, 4.69) is 30.9 Å². The van der Waals surface area contributed by atoms with E-state index in [9.17, 15) is 0 Å². The van der Waals surface area contributed by atoms with Crippen LogP contribution in [0.15, 0.2) is 23.4 Å². The molecule has 1 aliphatic rings. The molecular formula is C15H30N2. The van der Waals surface area contributed by atoms with Crippen molar-refractivity contribution in [3.63, 3.8) is 0 Å². The van der Waals surface area contributed by atoms with Crippen molar-refractivity contribution in [2.24, 2.45) is 5.73 Å². The van der Waals surface area contributed by atoms with Gasteiger partial charge in [-0.2, -0.15) is 0 Å². The standard InChI is InChI=1S/C13H24N2.C2H6/c1-3-8-12(11-14)13(4-2)15-9-6-5-7-10-15;1-2/h3,8H,4-7,9-11,14H2,1-2H3;1-2H3/b8-3-,13-12-;. The zero-order valence-electron chi connectivity index (χ0n) is 12.1. The molecule has 0 atom stereocenters. The molecular weight excluding hydrogens is 208 g/mol. The van der Waals surface area contributed by atoms with Gasteiger partial charge in [-0.25, -0.2) is 0 Å². The van der Waals surface area contributed by atoms with E-state index in [1.807, 2.05) is 13.8 Å². The van der Waals surface area contributed by atoms with Gasteiger partial charge in [-0.15, -0.1) is 0 Å². The molecule has 0 aromatic carbocycles. The minimum atomic E-state index is 0.657. The summed E-state index contributed by atoms with van der Waals surface area (Å²) in [5.41, 5.74) is 8.57. The Kier molecular flexibility index (Phi) is 9.93. The molecule has 0 amide bonds. The van der Waals surface area contributed by atoms with Crippen molar-refractivity contribution in [3.8, 4) is 0 Å². The molecule has 1 rings (SSSR count). The minimum Gasteiger partial charge on any atom is -0.375 e. The third-order valence-corrected chi connectivity index (χ3v) is 3.03. The first-order chi connectivity index (χ1) is 8.33. The first kappa shape index (κ1) is 16.2. The predicted octanol–water partition coefficient (Wildman–Crippen LogP) is 3.70. The zero-order chi connectivity index (χ0) is 13.1. The maximum Gasteiger partial charge on any atom is 0.0195 e. The molecule has 1 aliphatic heterocycles. The van der Waals surface area contributed by atoms with Gasteiger partial charge in [0.25, 0.3) is 0 Å². The van der Waals surface area contributed by atoms with E-state index in [0.717, 1.165) is 6.42 Å². The number of hydrogen-bond donors (Lipinski definition) is 1. The minimum absolute atomic E-state index is 0.657. The molecule has 0 spiro atoms. The SMILES string of the molecule is C/C=C\C(CN)=C(/CC)N1CCCCC1.CC. The number of likely N-dealkylation sites (tertiary alicyclic amines) is 1. The summed E-state index contributed by atoms with van der Waals surface area (Å²) in [6, 6.07) is 0. The summed E-state index contributed by atoms with van der Waals surface area (Å²) >= 11 is 0. The first-order valence-electron chi connectivity index (χ1n) is 7.13. The zero-order valence-corrected chi connectivity index (χ0v) is 12.1. The number of allylic oxidation sites excluding steroid dienone is 2. The highest BCUT2D eigenvalue weighted by atomic mass is 15.1. The number of rotatable bonds is 4. The predicted molar refractivity (Wildman–Crippen MR) is 78.0 cm³/mol. The van der Waals surface area contributed by atoms with Gasteiger partial charge in [0.2, 0.25) is 0 Å². The third kappa shape index (κ3) is 5.40. The van der Waals surface area contributed by atoms with Crippen LogP contribution in [-0.2, 0) is 0 Å². The molecule has 2 nitrogen and oxygen atoms in total. The number of piperidine rings is 1. The second-order valence-corrected chi connectivity index (χ2v) is 4.08. The molecule has 2 heteroatoms. The van der Waals surface area contributed by atoms with Crippen molar-refractivity contribution >= 4 is 0 Å². The van der Waals surface area contributed by atoms with Crippen LogP contribution in [0.25, 0.3) is 0 Å². The van der Waals surface area contributed by atoms with E-state index in [4.69, 9.17) is 5.73 Å². The Morgan fingerprint density at radius 1 is 1.18 bits per heavy atom. The van der Waals surface area contributed by atoms with Crippen molar-refractivity contribution in [1.82, 2.24) is 4.90 Å². The quantitative estimate of drug-likeness (QED) is 0.757. The van der Waals surface area contributed by atoms with E-state index in [-0.39, 0.29) is 0 Å². The Bertz CT molecular complexity index is 235. The fourth-order valence-corrected chi connectivity index (χ4v) is 2.30. The third-order valence-electron chi connectivity index (χ3n) is 3.03. The summed E-state index contributed by atoms with van der Waals surface area (Å²) in [4.78, 5) is 2.52. The molecule has 0 radical (unpaired) electrons. The van der Waals surface area contributed by atoms with Crippen LogP contribution in [0.1, 0.15) is 53.4 Å². The molecule has 1 fully saturated rings. The lowest BCUT2D eigenvalue weighted by molar-refractivity contribution is 0.276. The molecule has 2 N–H and O–H groups in total. The number of nitrogens with zero attached hydrogens (tertiary/aromatic N) is 1. The monoisotopic (exact) mass is 238 g/mol. The second-order valence-electron chi connectivity index (χ2n) is 4.08. The van der Waals surface area contributed by atoms with E-state index < -0.39 is 0 Å². The fourth-order valence-electron chi connectivity index (χ4n) is 2.30. The van der Waals surface area contributed by atoms with Crippen LogP contribution in [-0.4, -0.2) is 24.5 Å². The highest BCUT2D eigenvalue weighted by molar-refractivity contribution is 5.26. The average Bonchev–Trinajstić information content (AvgIpc) is 2.42. The lowest BCUT2D eigenvalue weighted by atomic mass is 10.1. The summed E-state index contributed by atoms with van der Waals surface area (Å²) in [5.74, 6) is 0. The van der Waals surface area contributed by atoms with Crippen LogP contribution >= 0.6 is 0 Å². The number of nitrogens with two attached hydrogens (primary N) is 1.